The lowest BCUT2D eigenvalue weighted by Gasteiger charge is -2.35. The van der Waals surface area contributed by atoms with Crippen LogP contribution in [-0.2, 0) is 10.0 Å². The van der Waals surface area contributed by atoms with E-state index in [9.17, 15) is 8.42 Å². The van der Waals surface area contributed by atoms with Crippen molar-refractivity contribution in [2.24, 2.45) is 17.6 Å². The predicted molar refractivity (Wildman–Crippen MR) is 81.3 cm³/mol. The summed E-state index contributed by atoms with van der Waals surface area (Å²) in [7, 11) is -3.65. The molecule has 21 heavy (non-hydrogen) atoms. The Morgan fingerprint density at radius 1 is 1.52 bits per heavy atom. The summed E-state index contributed by atoms with van der Waals surface area (Å²) in [5.74, 6) is 0.573. The van der Waals surface area contributed by atoms with Crippen molar-refractivity contribution in [1.29, 1.82) is 5.26 Å². The van der Waals surface area contributed by atoms with E-state index in [1.165, 1.54) is 22.5 Å². The highest BCUT2D eigenvalue weighted by molar-refractivity contribution is 7.89. The van der Waals surface area contributed by atoms with Gasteiger partial charge in [0.05, 0.1) is 16.7 Å². The number of nitrogens with zero attached hydrogens (tertiary/aromatic N) is 2. The molecule has 1 fully saturated rings. The van der Waals surface area contributed by atoms with Gasteiger partial charge in [0.1, 0.15) is 4.90 Å². The third-order valence-corrected chi connectivity index (χ3v) is 6.41. The van der Waals surface area contributed by atoms with Gasteiger partial charge in [0.25, 0.3) is 0 Å². The molecule has 0 amide bonds. The van der Waals surface area contributed by atoms with Crippen LogP contribution in [0.1, 0.15) is 18.9 Å². The molecule has 2 atom stereocenters. The van der Waals surface area contributed by atoms with Gasteiger partial charge in [-0.05, 0) is 43.0 Å². The van der Waals surface area contributed by atoms with E-state index < -0.39 is 10.0 Å². The topological polar surface area (TPSA) is 87.2 Å². The van der Waals surface area contributed by atoms with E-state index in [1.807, 2.05) is 6.07 Å². The van der Waals surface area contributed by atoms with Crippen LogP contribution < -0.4 is 5.73 Å². The van der Waals surface area contributed by atoms with Gasteiger partial charge in [-0.3, -0.25) is 0 Å². The summed E-state index contributed by atoms with van der Waals surface area (Å²) >= 11 is 6.03. The summed E-state index contributed by atoms with van der Waals surface area (Å²) in [6, 6.07) is 6.17. The van der Waals surface area contributed by atoms with Crippen molar-refractivity contribution in [3.63, 3.8) is 0 Å². The molecule has 1 aromatic rings. The molecule has 114 valence electrons. The zero-order valence-electron chi connectivity index (χ0n) is 11.8. The minimum absolute atomic E-state index is 0.0495. The number of hydrogen-bond acceptors (Lipinski definition) is 4. The largest absolute Gasteiger partial charge is 0.330 e. The van der Waals surface area contributed by atoms with Gasteiger partial charge in [-0.15, -0.1) is 0 Å². The van der Waals surface area contributed by atoms with Crippen LogP contribution in [0.4, 0.5) is 0 Å². The van der Waals surface area contributed by atoms with Gasteiger partial charge < -0.3 is 5.73 Å². The summed E-state index contributed by atoms with van der Waals surface area (Å²) in [6.45, 7) is 3.44. The molecular formula is C14H18ClN3O2S. The standard InChI is InChI=1S/C14H18ClN3O2S/c1-10-4-5-18(9-12(10)8-17)21(19,20)14-3-2-11(7-16)6-13(14)15/h2-3,6,10,12H,4-5,8-9,17H2,1H3. The summed E-state index contributed by atoms with van der Waals surface area (Å²) < 4.78 is 26.8. The Balaban J connectivity index is 2.32. The highest BCUT2D eigenvalue weighted by atomic mass is 35.5. The van der Waals surface area contributed by atoms with Gasteiger partial charge in [0.15, 0.2) is 0 Å². The molecule has 1 aromatic carbocycles. The zero-order valence-corrected chi connectivity index (χ0v) is 13.4. The molecule has 0 aromatic heterocycles. The Morgan fingerprint density at radius 2 is 2.24 bits per heavy atom. The molecule has 2 unspecified atom stereocenters. The predicted octanol–water partition coefficient (Wildman–Crippen LogP) is 1.82. The number of rotatable bonds is 3. The second-order valence-corrected chi connectivity index (χ2v) is 7.70. The Hall–Kier alpha value is -1.13. The van der Waals surface area contributed by atoms with Crippen LogP contribution in [0.3, 0.4) is 0 Å². The average Bonchev–Trinajstić information content (AvgIpc) is 2.47. The SMILES string of the molecule is CC1CCN(S(=O)(=O)c2ccc(C#N)cc2Cl)CC1CN. The quantitative estimate of drug-likeness (QED) is 0.917. The second-order valence-electron chi connectivity index (χ2n) is 5.38. The maximum absolute atomic E-state index is 12.7. The lowest BCUT2D eigenvalue weighted by Crippen LogP contribution is -2.45. The first kappa shape index (κ1) is 16.2. The van der Waals surface area contributed by atoms with E-state index >= 15 is 0 Å². The molecule has 0 saturated carbocycles. The fourth-order valence-corrected chi connectivity index (χ4v) is 4.59. The minimum Gasteiger partial charge on any atom is -0.330 e. The summed E-state index contributed by atoms with van der Waals surface area (Å²) in [4.78, 5) is 0.0495. The third-order valence-electron chi connectivity index (χ3n) is 4.06. The van der Waals surface area contributed by atoms with Crippen LogP contribution in [0.2, 0.25) is 5.02 Å². The van der Waals surface area contributed by atoms with Gasteiger partial charge in [-0.25, -0.2) is 8.42 Å². The minimum atomic E-state index is -3.65. The third kappa shape index (κ3) is 3.22. The maximum atomic E-state index is 12.7. The second kappa shape index (κ2) is 6.32. The lowest BCUT2D eigenvalue weighted by atomic mass is 9.88. The van der Waals surface area contributed by atoms with Crippen LogP contribution in [0.15, 0.2) is 23.1 Å². The van der Waals surface area contributed by atoms with E-state index in [-0.39, 0.29) is 15.8 Å². The first-order valence-electron chi connectivity index (χ1n) is 6.80. The summed E-state index contributed by atoms with van der Waals surface area (Å²) in [6.07, 6.45) is 0.787. The van der Waals surface area contributed by atoms with Crippen LogP contribution >= 0.6 is 11.6 Å². The van der Waals surface area contributed by atoms with Crippen LogP contribution in [0.25, 0.3) is 0 Å². The van der Waals surface area contributed by atoms with Gasteiger partial charge in [0, 0.05) is 13.1 Å². The Labute approximate surface area is 130 Å². The van der Waals surface area contributed by atoms with Gasteiger partial charge >= 0.3 is 0 Å². The number of nitriles is 1. The van der Waals surface area contributed by atoms with Crippen molar-refractivity contribution in [3.05, 3.63) is 28.8 Å². The molecule has 2 rings (SSSR count). The van der Waals surface area contributed by atoms with Crippen molar-refractivity contribution in [2.45, 2.75) is 18.2 Å². The van der Waals surface area contributed by atoms with Gasteiger partial charge in [0.2, 0.25) is 10.0 Å². The van der Waals surface area contributed by atoms with E-state index in [0.717, 1.165) is 6.42 Å². The highest BCUT2D eigenvalue weighted by Crippen LogP contribution is 2.30. The highest BCUT2D eigenvalue weighted by Gasteiger charge is 2.34. The molecular weight excluding hydrogens is 310 g/mol. The monoisotopic (exact) mass is 327 g/mol. The molecule has 1 heterocycles. The number of hydrogen-bond donors (Lipinski definition) is 1. The molecule has 0 radical (unpaired) electrons. The molecule has 0 spiro atoms. The molecule has 1 saturated heterocycles. The van der Waals surface area contributed by atoms with Gasteiger partial charge in [-0.1, -0.05) is 18.5 Å². The molecule has 1 aliphatic heterocycles. The fraction of sp³-hybridized carbons (Fsp3) is 0.500. The van der Waals surface area contributed by atoms with Crippen molar-refractivity contribution in [1.82, 2.24) is 4.31 Å². The van der Waals surface area contributed by atoms with E-state index in [4.69, 9.17) is 22.6 Å². The Morgan fingerprint density at radius 3 is 2.81 bits per heavy atom. The average molecular weight is 328 g/mol. The lowest BCUT2D eigenvalue weighted by molar-refractivity contribution is 0.203. The number of sulfonamides is 1. The van der Waals surface area contributed by atoms with Crippen molar-refractivity contribution < 1.29 is 8.42 Å². The molecule has 0 bridgehead atoms. The van der Waals surface area contributed by atoms with E-state index in [2.05, 4.69) is 6.92 Å². The Kier molecular flexibility index (Phi) is 4.89. The summed E-state index contributed by atoms with van der Waals surface area (Å²) in [5.41, 5.74) is 6.06. The summed E-state index contributed by atoms with van der Waals surface area (Å²) in [5, 5.41) is 8.90. The molecule has 1 aliphatic rings. The van der Waals surface area contributed by atoms with E-state index in [1.54, 1.807) is 0 Å². The van der Waals surface area contributed by atoms with Crippen LogP contribution in [-0.4, -0.2) is 32.4 Å². The van der Waals surface area contributed by atoms with Crippen molar-refractivity contribution >= 4 is 21.6 Å². The first-order chi connectivity index (χ1) is 9.90. The maximum Gasteiger partial charge on any atom is 0.244 e. The van der Waals surface area contributed by atoms with Crippen LogP contribution in [0.5, 0.6) is 0 Å². The number of piperidine rings is 1. The van der Waals surface area contributed by atoms with Crippen molar-refractivity contribution in [2.75, 3.05) is 19.6 Å². The normalized spacial score (nSPS) is 23.7. The number of halogens is 1. The molecule has 0 aliphatic carbocycles. The van der Waals surface area contributed by atoms with Crippen LogP contribution in [0, 0.1) is 23.2 Å². The van der Waals surface area contributed by atoms with Crippen molar-refractivity contribution in [3.8, 4) is 6.07 Å². The molecule has 7 heteroatoms. The fourth-order valence-electron chi connectivity index (χ4n) is 2.56. The van der Waals surface area contributed by atoms with Gasteiger partial charge in [-0.2, -0.15) is 9.57 Å². The molecule has 5 nitrogen and oxygen atoms in total. The smallest absolute Gasteiger partial charge is 0.244 e. The zero-order chi connectivity index (χ0) is 15.6. The number of benzene rings is 1. The first-order valence-corrected chi connectivity index (χ1v) is 8.61. The van der Waals surface area contributed by atoms with E-state index in [0.29, 0.717) is 31.1 Å². The molecule has 2 N–H and O–H groups in total. The Bertz CT molecular complexity index is 669. The number of nitrogens with two attached hydrogens (primary N) is 1.